The Balaban J connectivity index is 2.47. The first-order chi connectivity index (χ1) is 9.45. The molecule has 0 unspecified atom stereocenters. The Morgan fingerprint density at radius 2 is 1.80 bits per heavy atom. The summed E-state index contributed by atoms with van der Waals surface area (Å²) >= 11 is 0. The minimum atomic E-state index is -3.79. The van der Waals surface area contributed by atoms with Gasteiger partial charge >= 0.3 is 0 Å². The Bertz CT molecular complexity index is 699. The van der Waals surface area contributed by atoms with E-state index in [4.69, 9.17) is 5.73 Å². The lowest BCUT2D eigenvalue weighted by atomic mass is 10.3. The lowest BCUT2D eigenvalue weighted by Crippen LogP contribution is -2.30. The van der Waals surface area contributed by atoms with Crippen LogP contribution in [0.15, 0.2) is 53.4 Å². The van der Waals surface area contributed by atoms with Gasteiger partial charge in [-0.2, -0.15) is 0 Å². The maximum absolute atomic E-state index is 13.2. The second-order valence-corrected chi connectivity index (χ2v) is 6.08. The molecule has 0 radical (unpaired) electrons. The highest BCUT2D eigenvalue weighted by Gasteiger charge is 2.23. The van der Waals surface area contributed by atoms with Crippen molar-refractivity contribution in [2.75, 3.05) is 16.6 Å². The van der Waals surface area contributed by atoms with Crippen LogP contribution in [0.1, 0.15) is 6.92 Å². The second kappa shape index (κ2) is 5.50. The number of anilines is 2. The first kappa shape index (κ1) is 14.3. The van der Waals surface area contributed by atoms with Crippen molar-refractivity contribution in [1.29, 1.82) is 0 Å². The van der Waals surface area contributed by atoms with Gasteiger partial charge in [-0.15, -0.1) is 0 Å². The number of nitrogens with zero attached hydrogens (tertiary/aromatic N) is 1. The van der Waals surface area contributed by atoms with Crippen molar-refractivity contribution in [3.63, 3.8) is 0 Å². The first-order valence-electron chi connectivity index (χ1n) is 6.09. The maximum atomic E-state index is 13.2. The van der Waals surface area contributed by atoms with E-state index in [0.717, 1.165) is 6.07 Å². The van der Waals surface area contributed by atoms with Crippen LogP contribution < -0.4 is 10.0 Å². The SMILES string of the molecule is CCN(c1ccc(N)cc1)S(=O)(=O)c1cccc(F)c1. The van der Waals surface area contributed by atoms with E-state index in [1.807, 2.05) is 0 Å². The van der Waals surface area contributed by atoms with Gasteiger partial charge in [0.05, 0.1) is 10.6 Å². The topological polar surface area (TPSA) is 63.4 Å². The van der Waals surface area contributed by atoms with Crippen LogP contribution in [0.3, 0.4) is 0 Å². The fraction of sp³-hybridized carbons (Fsp3) is 0.143. The smallest absolute Gasteiger partial charge is 0.264 e. The summed E-state index contributed by atoms with van der Waals surface area (Å²) in [7, 11) is -3.79. The Morgan fingerprint density at radius 3 is 2.35 bits per heavy atom. The molecule has 20 heavy (non-hydrogen) atoms. The van der Waals surface area contributed by atoms with Gasteiger partial charge in [-0.1, -0.05) is 6.07 Å². The highest BCUT2D eigenvalue weighted by atomic mass is 32.2. The number of halogens is 1. The van der Waals surface area contributed by atoms with Gasteiger partial charge in [0.15, 0.2) is 0 Å². The molecule has 2 aromatic rings. The molecule has 0 aromatic heterocycles. The Labute approximate surface area is 117 Å². The van der Waals surface area contributed by atoms with Gasteiger partial charge in [0.25, 0.3) is 10.0 Å². The average Bonchev–Trinajstić information content (AvgIpc) is 2.41. The van der Waals surface area contributed by atoms with E-state index < -0.39 is 15.8 Å². The van der Waals surface area contributed by atoms with E-state index in [0.29, 0.717) is 11.4 Å². The van der Waals surface area contributed by atoms with Crippen molar-refractivity contribution < 1.29 is 12.8 Å². The molecule has 0 aliphatic heterocycles. The summed E-state index contributed by atoms with van der Waals surface area (Å²) in [5.74, 6) is -0.584. The zero-order valence-electron chi connectivity index (χ0n) is 11.0. The van der Waals surface area contributed by atoms with Crippen molar-refractivity contribution in [1.82, 2.24) is 0 Å². The summed E-state index contributed by atoms with van der Waals surface area (Å²) in [5, 5.41) is 0. The van der Waals surface area contributed by atoms with Crippen LogP contribution in [0.25, 0.3) is 0 Å². The molecular weight excluding hydrogens is 279 g/mol. The molecular formula is C14H15FN2O2S. The molecule has 2 aromatic carbocycles. The summed E-state index contributed by atoms with van der Waals surface area (Å²) in [6.45, 7) is 1.95. The van der Waals surface area contributed by atoms with E-state index in [9.17, 15) is 12.8 Å². The Hall–Kier alpha value is -2.08. The molecule has 2 N–H and O–H groups in total. The number of rotatable bonds is 4. The van der Waals surface area contributed by atoms with Gasteiger partial charge in [0, 0.05) is 12.2 Å². The summed E-state index contributed by atoms with van der Waals surface area (Å²) in [4.78, 5) is -0.0730. The predicted molar refractivity (Wildman–Crippen MR) is 77.5 cm³/mol. The molecule has 0 fully saturated rings. The first-order valence-corrected chi connectivity index (χ1v) is 7.53. The number of nitrogens with two attached hydrogens (primary N) is 1. The van der Waals surface area contributed by atoms with Gasteiger partial charge in [0.2, 0.25) is 0 Å². The largest absolute Gasteiger partial charge is 0.399 e. The van der Waals surface area contributed by atoms with Gasteiger partial charge < -0.3 is 5.73 Å². The molecule has 0 saturated carbocycles. The summed E-state index contributed by atoms with van der Waals surface area (Å²) < 4.78 is 39.5. The zero-order valence-corrected chi connectivity index (χ0v) is 11.8. The summed E-state index contributed by atoms with van der Waals surface area (Å²) in [5.41, 5.74) is 6.63. The molecule has 0 aliphatic carbocycles. The van der Waals surface area contributed by atoms with Crippen LogP contribution in [-0.4, -0.2) is 15.0 Å². The maximum Gasteiger partial charge on any atom is 0.264 e. The number of benzene rings is 2. The molecule has 6 heteroatoms. The second-order valence-electron chi connectivity index (χ2n) is 4.22. The summed E-state index contributed by atoms with van der Waals surface area (Å²) in [6, 6.07) is 11.5. The molecule has 0 saturated heterocycles. The van der Waals surface area contributed by atoms with Crippen molar-refractivity contribution in [3.05, 3.63) is 54.3 Å². The van der Waals surface area contributed by atoms with Crippen LogP contribution in [0.2, 0.25) is 0 Å². The van der Waals surface area contributed by atoms with Crippen LogP contribution in [0.5, 0.6) is 0 Å². The minimum absolute atomic E-state index is 0.0730. The molecule has 0 amide bonds. The van der Waals surface area contributed by atoms with Crippen LogP contribution in [0.4, 0.5) is 15.8 Å². The average molecular weight is 294 g/mol. The molecule has 106 valence electrons. The number of nitrogen functional groups attached to an aromatic ring is 1. The van der Waals surface area contributed by atoms with Crippen molar-refractivity contribution in [2.45, 2.75) is 11.8 Å². The standard InChI is InChI=1S/C14H15FN2O2S/c1-2-17(13-8-6-12(16)7-9-13)20(18,19)14-5-3-4-11(15)10-14/h3-10H,2,16H2,1H3. The lowest BCUT2D eigenvalue weighted by molar-refractivity contribution is 0.587. The molecule has 0 bridgehead atoms. The van der Waals surface area contributed by atoms with Crippen LogP contribution >= 0.6 is 0 Å². The third kappa shape index (κ3) is 2.75. The number of sulfonamides is 1. The zero-order chi connectivity index (χ0) is 14.8. The van der Waals surface area contributed by atoms with E-state index in [2.05, 4.69) is 0 Å². The Kier molecular flexibility index (Phi) is 3.94. The fourth-order valence-corrected chi connectivity index (χ4v) is 3.39. The van der Waals surface area contributed by atoms with E-state index in [1.165, 1.54) is 22.5 Å². The lowest BCUT2D eigenvalue weighted by Gasteiger charge is -2.23. The van der Waals surface area contributed by atoms with Gasteiger partial charge in [0.1, 0.15) is 5.82 Å². The molecule has 0 spiro atoms. The molecule has 0 atom stereocenters. The fourth-order valence-electron chi connectivity index (χ4n) is 1.89. The van der Waals surface area contributed by atoms with E-state index in [-0.39, 0.29) is 11.4 Å². The monoisotopic (exact) mass is 294 g/mol. The highest BCUT2D eigenvalue weighted by Crippen LogP contribution is 2.24. The normalized spacial score (nSPS) is 11.3. The highest BCUT2D eigenvalue weighted by molar-refractivity contribution is 7.92. The van der Waals surface area contributed by atoms with E-state index in [1.54, 1.807) is 31.2 Å². The quantitative estimate of drug-likeness (QED) is 0.882. The van der Waals surface area contributed by atoms with Crippen LogP contribution in [0, 0.1) is 5.82 Å². The number of hydrogen-bond donors (Lipinski definition) is 1. The van der Waals surface area contributed by atoms with Crippen LogP contribution in [-0.2, 0) is 10.0 Å². The van der Waals surface area contributed by atoms with Crippen molar-refractivity contribution in [3.8, 4) is 0 Å². The third-order valence-corrected chi connectivity index (χ3v) is 4.75. The minimum Gasteiger partial charge on any atom is -0.399 e. The predicted octanol–water partition coefficient (Wildman–Crippen LogP) is 2.62. The summed E-state index contributed by atoms with van der Waals surface area (Å²) in [6.07, 6.45) is 0. The number of hydrogen-bond acceptors (Lipinski definition) is 3. The van der Waals surface area contributed by atoms with Gasteiger partial charge in [-0.25, -0.2) is 12.8 Å². The molecule has 2 rings (SSSR count). The van der Waals surface area contributed by atoms with Crippen molar-refractivity contribution >= 4 is 21.4 Å². The third-order valence-electron chi connectivity index (χ3n) is 2.85. The molecule has 0 aliphatic rings. The van der Waals surface area contributed by atoms with E-state index >= 15 is 0 Å². The van der Waals surface area contributed by atoms with Gasteiger partial charge in [-0.05, 0) is 49.4 Å². The molecule has 4 nitrogen and oxygen atoms in total. The van der Waals surface area contributed by atoms with Crippen molar-refractivity contribution in [2.24, 2.45) is 0 Å². The Morgan fingerprint density at radius 1 is 1.15 bits per heavy atom. The molecule has 0 heterocycles. The van der Waals surface area contributed by atoms with Gasteiger partial charge in [-0.3, -0.25) is 4.31 Å².